The lowest BCUT2D eigenvalue weighted by atomic mass is 9.88. The Morgan fingerprint density at radius 2 is 2.20 bits per heavy atom. The van der Waals surface area contributed by atoms with Crippen LogP contribution in [0.2, 0.25) is 0 Å². The second kappa shape index (κ2) is 6.95. The van der Waals surface area contributed by atoms with Crippen LogP contribution in [-0.2, 0) is 0 Å². The largest absolute Gasteiger partial charge is 0.409 e. The monoisotopic (exact) mass is 233 g/mol. The highest BCUT2D eigenvalue weighted by molar-refractivity contribution is 7.98. The van der Waals surface area contributed by atoms with Crippen molar-refractivity contribution in [3.8, 4) is 0 Å². The molecule has 0 spiro atoms. The molecule has 0 rings (SSSR count). The van der Waals surface area contributed by atoms with Gasteiger partial charge in [0.05, 0.1) is 0 Å². The smallest absolute Gasteiger partial charge is 0.144 e. The van der Waals surface area contributed by atoms with E-state index in [0.717, 1.165) is 18.7 Å². The van der Waals surface area contributed by atoms with Crippen LogP contribution in [-0.4, -0.2) is 35.6 Å². The van der Waals surface area contributed by atoms with E-state index in [4.69, 9.17) is 10.9 Å². The van der Waals surface area contributed by atoms with Gasteiger partial charge in [-0.15, -0.1) is 0 Å². The van der Waals surface area contributed by atoms with Crippen LogP contribution in [0.25, 0.3) is 0 Å². The van der Waals surface area contributed by atoms with Crippen LogP contribution < -0.4 is 11.1 Å². The molecule has 0 radical (unpaired) electrons. The minimum absolute atomic E-state index is 0.249. The topological polar surface area (TPSA) is 70.6 Å². The molecule has 0 aliphatic heterocycles. The summed E-state index contributed by atoms with van der Waals surface area (Å²) >= 11 is 1.83. The molecular formula is C10H23N3OS. The third-order valence-corrected chi connectivity index (χ3v) is 3.29. The third-order valence-electron chi connectivity index (χ3n) is 2.46. The summed E-state index contributed by atoms with van der Waals surface area (Å²) in [6, 6.07) is 0.503. The number of hydrogen-bond donors (Lipinski definition) is 3. The van der Waals surface area contributed by atoms with E-state index < -0.39 is 0 Å². The van der Waals surface area contributed by atoms with Crippen molar-refractivity contribution in [1.29, 1.82) is 0 Å². The summed E-state index contributed by atoms with van der Waals surface area (Å²) < 4.78 is 0. The first kappa shape index (κ1) is 14.6. The minimum atomic E-state index is -0.249. The molecule has 1 atom stereocenters. The van der Waals surface area contributed by atoms with Crippen LogP contribution in [0.3, 0.4) is 0 Å². The molecule has 0 aromatic heterocycles. The predicted octanol–water partition coefficient (Wildman–Crippen LogP) is 1.49. The summed E-state index contributed by atoms with van der Waals surface area (Å²) in [5, 5.41) is 15.1. The Bertz CT molecular complexity index is 207. The van der Waals surface area contributed by atoms with Gasteiger partial charge in [-0.3, -0.25) is 0 Å². The lowest BCUT2D eigenvalue weighted by Gasteiger charge is -2.24. The van der Waals surface area contributed by atoms with Gasteiger partial charge in [0.2, 0.25) is 0 Å². The van der Waals surface area contributed by atoms with Gasteiger partial charge in [-0.1, -0.05) is 19.0 Å². The van der Waals surface area contributed by atoms with Crippen LogP contribution >= 0.6 is 11.8 Å². The molecule has 4 nitrogen and oxygen atoms in total. The molecule has 0 fully saturated rings. The van der Waals surface area contributed by atoms with Crippen LogP contribution in [0.1, 0.15) is 27.2 Å². The predicted molar refractivity (Wildman–Crippen MR) is 67.7 cm³/mol. The molecule has 0 aliphatic rings. The van der Waals surface area contributed by atoms with E-state index in [9.17, 15) is 0 Å². The number of rotatable bonds is 7. The van der Waals surface area contributed by atoms with Gasteiger partial charge in [-0.05, 0) is 26.1 Å². The van der Waals surface area contributed by atoms with Gasteiger partial charge < -0.3 is 16.3 Å². The molecule has 90 valence electrons. The Morgan fingerprint density at radius 1 is 1.60 bits per heavy atom. The highest BCUT2D eigenvalue weighted by atomic mass is 32.2. The molecule has 0 heterocycles. The minimum Gasteiger partial charge on any atom is -0.409 e. The quantitative estimate of drug-likeness (QED) is 0.270. The Kier molecular flexibility index (Phi) is 6.76. The zero-order valence-electron chi connectivity index (χ0n) is 10.1. The SMILES string of the molecule is CSCC(C)NCCC(C)(C)C(N)=NO. The normalized spacial score (nSPS) is 15.3. The second-order valence-corrected chi connectivity index (χ2v) is 5.34. The average molecular weight is 233 g/mol. The van der Waals surface area contributed by atoms with Crippen molar-refractivity contribution in [2.45, 2.75) is 33.2 Å². The van der Waals surface area contributed by atoms with E-state index >= 15 is 0 Å². The Hall–Kier alpha value is -0.420. The van der Waals surface area contributed by atoms with Crippen molar-refractivity contribution in [2.75, 3.05) is 18.6 Å². The van der Waals surface area contributed by atoms with E-state index in [0.29, 0.717) is 11.9 Å². The summed E-state index contributed by atoms with van der Waals surface area (Å²) in [7, 11) is 0. The maximum Gasteiger partial charge on any atom is 0.144 e. The molecule has 0 saturated carbocycles. The van der Waals surface area contributed by atoms with Crippen molar-refractivity contribution in [3.63, 3.8) is 0 Å². The fourth-order valence-electron chi connectivity index (χ4n) is 1.20. The van der Waals surface area contributed by atoms with Crippen molar-refractivity contribution in [2.24, 2.45) is 16.3 Å². The van der Waals surface area contributed by atoms with E-state index in [1.807, 2.05) is 25.6 Å². The molecule has 1 unspecified atom stereocenters. The van der Waals surface area contributed by atoms with Crippen LogP contribution in [0, 0.1) is 5.41 Å². The molecule has 0 aliphatic carbocycles. The Balaban J connectivity index is 3.85. The summed E-state index contributed by atoms with van der Waals surface area (Å²) in [5.41, 5.74) is 5.35. The molecule has 0 aromatic rings. The lowest BCUT2D eigenvalue weighted by Crippen LogP contribution is -2.37. The highest BCUT2D eigenvalue weighted by Crippen LogP contribution is 2.19. The standard InChI is InChI=1S/C10H23N3OS/c1-8(7-15-4)12-6-5-10(2,3)9(11)13-14/h8,12,14H,5-7H2,1-4H3,(H2,11,13). The third kappa shape index (κ3) is 5.89. The molecular weight excluding hydrogens is 210 g/mol. The number of thioether (sulfide) groups is 1. The Morgan fingerprint density at radius 3 is 2.67 bits per heavy atom. The lowest BCUT2D eigenvalue weighted by molar-refractivity contribution is 0.304. The summed E-state index contributed by atoms with van der Waals surface area (Å²) in [5.74, 6) is 1.39. The zero-order valence-corrected chi connectivity index (χ0v) is 10.9. The number of nitrogens with zero attached hydrogens (tertiary/aromatic N) is 1. The van der Waals surface area contributed by atoms with Gasteiger partial charge in [-0.25, -0.2) is 0 Å². The average Bonchev–Trinajstić information content (AvgIpc) is 2.16. The first-order valence-corrected chi connectivity index (χ1v) is 6.53. The van der Waals surface area contributed by atoms with Crippen molar-refractivity contribution >= 4 is 17.6 Å². The van der Waals surface area contributed by atoms with Crippen LogP contribution in [0.4, 0.5) is 0 Å². The molecule has 0 bridgehead atoms. The van der Waals surface area contributed by atoms with Crippen molar-refractivity contribution in [3.05, 3.63) is 0 Å². The van der Waals surface area contributed by atoms with E-state index in [2.05, 4.69) is 23.7 Å². The number of oxime groups is 1. The van der Waals surface area contributed by atoms with Gasteiger partial charge in [0.15, 0.2) is 0 Å². The number of amidine groups is 1. The highest BCUT2D eigenvalue weighted by Gasteiger charge is 2.22. The van der Waals surface area contributed by atoms with Gasteiger partial charge in [0.25, 0.3) is 0 Å². The van der Waals surface area contributed by atoms with E-state index in [1.54, 1.807) is 0 Å². The van der Waals surface area contributed by atoms with Crippen molar-refractivity contribution in [1.82, 2.24) is 5.32 Å². The maximum absolute atomic E-state index is 8.60. The van der Waals surface area contributed by atoms with Gasteiger partial charge >= 0.3 is 0 Å². The second-order valence-electron chi connectivity index (χ2n) is 4.43. The van der Waals surface area contributed by atoms with Crippen molar-refractivity contribution < 1.29 is 5.21 Å². The molecule has 0 amide bonds. The summed E-state index contributed by atoms with van der Waals surface area (Å²) in [4.78, 5) is 0. The first-order valence-electron chi connectivity index (χ1n) is 5.14. The molecule has 15 heavy (non-hydrogen) atoms. The van der Waals surface area contributed by atoms with Gasteiger partial charge in [-0.2, -0.15) is 11.8 Å². The molecule has 0 saturated heterocycles. The molecule has 0 aromatic carbocycles. The van der Waals surface area contributed by atoms with Gasteiger partial charge in [0.1, 0.15) is 5.84 Å². The fourth-order valence-corrected chi connectivity index (χ4v) is 1.82. The van der Waals surface area contributed by atoms with Crippen LogP contribution in [0.15, 0.2) is 5.16 Å². The fraction of sp³-hybridized carbons (Fsp3) is 0.900. The number of hydrogen-bond acceptors (Lipinski definition) is 4. The molecule has 4 N–H and O–H groups in total. The van der Waals surface area contributed by atoms with Crippen LogP contribution in [0.5, 0.6) is 0 Å². The zero-order chi connectivity index (χ0) is 11.9. The summed E-state index contributed by atoms with van der Waals surface area (Å²) in [6.45, 7) is 6.99. The Labute approximate surface area is 96.7 Å². The summed E-state index contributed by atoms with van der Waals surface area (Å²) in [6.07, 6.45) is 2.96. The number of nitrogens with two attached hydrogens (primary N) is 1. The van der Waals surface area contributed by atoms with E-state index in [-0.39, 0.29) is 5.41 Å². The maximum atomic E-state index is 8.60. The molecule has 5 heteroatoms. The number of nitrogens with one attached hydrogen (secondary N) is 1. The van der Waals surface area contributed by atoms with Gasteiger partial charge in [0, 0.05) is 17.2 Å². The first-order chi connectivity index (χ1) is 6.94. The van der Waals surface area contributed by atoms with E-state index in [1.165, 1.54) is 0 Å².